The molecule has 8 rings (SSSR count). The first kappa shape index (κ1) is 26.6. The SMILES string of the molecule is O=C1[C@H]2[C@H](C(=O)N1c1ccc(F)cc1)N1[C@@H](c3ccccc3)[C@H]3C(=O)N(c4ccc(F)cc4)C(=O)[C@H]3N1[C@H]2c1ccccc1. The minimum absolute atomic E-state index is 0.249. The van der Waals surface area contributed by atoms with Crippen LogP contribution in [0.15, 0.2) is 109 Å². The second kappa shape index (κ2) is 9.73. The van der Waals surface area contributed by atoms with E-state index in [9.17, 15) is 28.0 Å². The molecule has 0 N–H and O–H groups in total. The summed E-state index contributed by atoms with van der Waals surface area (Å²) in [5.41, 5.74) is 1.92. The fourth-order valence-corrected chi connectivity index (χ4v) is 7.49. The van der Waals surface area contributed by atoms with Gasteiger partial charge in [-0.05, 0) is 59.7 Å². The van der Waals surface area contributed by atoms with E-state index in [2.05, 4.69) is 0 Å². The number of hydrogen-bond donors (Lipinski definition) is 0. The van der Waals surface area contributed by atoms with Crippen LogP contribution in [0.4, 0.5) is 20.2 Å². The molecule has 4 fully saturated rings. The molecule has 10 heteroatoms. The fraction of sp³-hybridized carbons (Fsp3) is 0.176. The van der Waals surface area contributed by atoms with E-state index in [0.29, 0.717) is 11.1 Å². The molecule has 8 nitrogen and oxygen atoms in total. The Bertz CT molecular complexity index is 1690. The van der Waals surface area contributed by atoms with Crippen LogP contribution in [-0.4, -0.2) is 45.7 Å². The zero-order chi connectivity index (χ0) is 30.3. The molecule has 218 valence electrons. The highest BCUT2D eigenvalue weighted by Gasteiger charge is 2.73. The lowest BCUT2D eigenvalue weighted by Gasteiger charge is -2.35. The quantitative estimate of drug-likeness (QED) is 0.328. The van der Waals surface area contributed by atoms with E-state index in [1.165, 1.54) is 48.5 Å². The van der Waals surface area contributed by atoms with E-state index in [1.54, 1.807) is 10.0 Å². The van der Waals surface area contributed by atoms with Gasteiger partial charge in [0.05, 0.1) is 35.3 Å². The highest BCUT2D eigenvalue weighted by molar-refractivity contribution is 6.26. The Morgan fingerprint density at radius 2 is 0.750 bits per heavy atom. The first-order chi connectivity index (χ1) is 21.4. The number of benzene rings is 4. The summed E-state index contributed by atoms with van der Waals surface area (Å²) in [6.07, 6.45) is 0. The van der Waals surface area contributed by atoms with Crippen molar-refractivity contribution in [1.82, 2.24) is 10.0 Å². The van der Waals surface area contributed by atoms with Gasteiger partial charge in [-0.1, -0.05) is 60.7 Å². The monoisotopic (exact) mass is 590 g/mol. The number of rotatable bonds is 4. The minimum Gasteiger partial charge on any atom is -0.274 e. The third-order valence-electron chi connectivity index (χ3n) is 9.18. The second-order valence-electron chi connectivity index (χ2n) is 11.4. The molecular formula is C34H24F2N4O4. The molecule has 0 unspecified atom stereocenters. The largest absolute Gasteiger partial charge is 0.274 e. The Morgan fingerprint density at radius 3 is 1.09 bits per heavy atom. The van der Waals surface area contributed by atoms with Crippen molar-refractivity contribution in [2.75, 3.05) is 9.80 Å². The normalized spacial score (nSPS) is 28.1. The van der Waals surface area contributed by atoms with Crippen molar-refractivity contribution in [2.45, 2.75) is 24.2 Å². The van der Waals surface area contributed by atoms with Crippen LogP contribution < -0.4 is 9.80 Å². The molecule has 4 saturated heterocycles. The van der Waals surface area contributed by atoms with Gasteiger partial charge in [0.1, 0.15) is 23.7 Å². The highest BCUT2D eigenvalue weighted by Crippen LogP contribution is 2.59. The zero-order valence-corrected chi connectivity index (χ0v) is 23.0. The summed E-state index contributed by atoms with van der Waals surface area (Å²) >= 11 is 0. The van der Waals surface area contributed by atoms with Crippen molar-refractivity contribution in [3.05, 3.63) is 132 Å². The number of imide groups is 2. The molecule has 0 spiro atoms. The summed E-state index contributed by atoms with van der Waals surface area (Å²) in [6, 6.07) is 25.1. The van der Waals surface area contributed by atoms with E-state index < -0.39 is 71.3 Å². The third kappa shape index (κ3) is 3.61. The molecule has 4 aromatic rings. The van der Waals surface area contributed by atoms with E-state index in [1.807, 2.05) is 60.7 Å². The van der Waals surface area contributed by atoms with Gasteiger partial charge in [-0.15, -0.1) is 0 Å². The zero-order valence-electron chi connectivity index (χ0n) is 23.0. The molecule has 4 aromatic carbocycles. The molecule has 0 saturated carbocycles. The number of hydrazine groups is 1. The van der Waals surface area contributed by atoms with E-state index in [4.69, 9.17) is 0 Å². The molecule has 0 aromatic heterocycles. The molecular weight excluding hydrogens is 566 g/mol. The van der Waals surface area contributed by atoms with Crippen LogP contribution in [-0.2, 0) is 19.2 Å². The van der Waals surface area contributed by atoms with Crippen molar-refractivity contribution < 1.29 is 28.0 Å². The first-order valence-corrected chi connectivity index (χ1v) is 14.3. The van der Waals surface area contributed by atoms with Crippen LogP contribution in [0, 0.1) is 23.5 Å². The average Bonchev–Trinajstić information content (AvgIpc) is 3.71. The lowest BCUT2D eigenvalue weighted by atomic mass is 9.84. The van der Waals surface area contributed by atoms with Gasteiger partial charge in [-0.25, -0.2) is 28.6 Å². The Morgan fingerprint density at radius 1 is 0.409 bits per heavy atom. The number of hydrogen-bond acceptors (Lipinski definition) is 6. The topological polar surface area (TPSA) is 81.2 Å². The van der Waals surface area contributed by atoms with Gasteiger partial charge in [0, 0.05) is 0 Å². The Kier molecular flexibility index (Phi) is 5.87. The number of nitrogens with zero attached hydrogens (tertiary/aromatic N) is 4. The number of amides is 4. The smallest absolute Gasteiger partial charge is 0.253 e. The van der Waals surface area contributed by atoms with Crippen molar-refractivity contribution in [3.63, 3.8) is 0 Å². The first-order valence-electron chi connectivity index (χ1n) is 14.3. The van der Waals surface area contributed by atoms with Gasteiger partial charge in [0.15, 0.2) is 0 Å². The summed E-state index contributed by atoms with van der Waals surface area (Å²) in [4.78, 5) is 59.3. The maximum absolute atomic E-state index is 14.3. The number of anilines is 2. The van der Waals surface area contributed by atoms with Crippen molar-refractivity contribution in [2.24, 2.45) is 11.8 Å². The van der Waals surface area contributed by atoms with Crippen molar-refractivity contribution in [1.29, 1.82) is 0 Å². The van der Waals surface area contributed by atoms with Crippen molar-refractivity contribution >= 4 is 35.0 Å². The van der Waals surface area contributed by atoms with Gasteiger partial charge in [-0.2, -0.15) is 0 Å². The molecule has 4 heterocycles. The number of carbonyl (C=O) groups is 4. The summed E-state index contributed by atoms with van der Waals surface area (Å²) in [7, 11) is 0. The van der Waals surface area contributed by atoms with Crippen LogP contribution in [0.25, 0.3) is 0 Å². The lowest BCUT2D eigenvalue weighted by Crippen LogP contribution is -2.50. The lowest BCUT2D eigenvalue weighted by molar-refractivity contribution is -0.136. The fourth-order valence-electron chi connectivity index (χ4n) is 7.49. The summed E-state index contributed by atoms with van der Waals surface area (Å²) in [5.74, 6) is -4.77. The van der Waals surface area contributed by atoms with Gasteiger partial charge in [-0.3, -0.25) is 19.2 Å². The van der Waals surface area contributed by atoms with E-state index >= 15 is 0 Å². The Hall–Kier alpha value is -5.06. The van der Waals surface area contributed by atoms with Gasteiger partial charge in [0.25, 0.3) is 11.8 Å². The van der Waals surface area contributed by atoms with Gasteiger partial charge < -0.3 is 0 Å². The highest BCUT2D eigenvalue weighted by atomic mass is 19.1. The number of carbonyl (C=O) groups excluding carboxylic acids is 4. The Labute approximate surface area is 250 Å². The number of halogens is 2. The predicted molar refractivity (Wildman–Crippen MR) is 154 cm³/mol. The second-order valence-corrected chi connectivity index (χ2v) is 11.4. The molecule has 0 aliphatic carbocycles. The molecule has 4 amide bonds. The van der Waals surface area contributed by atoms with E-state index in [0.717, 1.165) is 9.80 Å². The van der Waals surface area contributed by atoms with Crippen LogP contribution >= 0.6 is 0 Å². The van der Waals surface area contributed by atoms with Crippen LogP contribution in [0.3, 0.4) is 0 Å². The van der Waals surface area contributed by atoms with Gasteiger partial charge >= 0.3 is 0 Å². The Balaban J connectivity index is 1.32. The number of fused-ring (bicyclic) bond motifs is 5. The van der Waals surface area contributed by atoms with Gasteiger partial charge in [0.2, 0.25) is 11.8 Å². The minimum atomic E-state index is -1.02. The molecule has 4 aliphatic rings. The molecule has 0 bridgehead atoms. The van der Waals surface area contributed by atoms with E-state index in [-0.39, 0.29) is 11.4 Å². The molecule has 0 radical (unpaired) electrons. The molecule has 44 heavy (non-hydrogen) atoms. The predicted octanol–water partition coefficient (Wildman–Crippen LogP) is 4.41. The third-order valence-corrected chi connectivity index (χ3v) is 9.18. The molecule has 6 atom stereocenters. The summed E-state index contributed by atoms with van der Waals surface area (Å²) < 4.78 is 27.6. The van der Waals surface area contributed by atoms with Crippen molar-refractivity contribution in [3.8, 4) is 0 Å². The maximum atomic E-state index is 14.3. The van der Waals surface area contributed by atoms with Crippen LogP contribution in [0.1, 0.15) is 23.2 Å². The summed E-state index contributed by atoms with van der Waals surface area (Å²) in [6.45, 7) is 0. The summed E-state index contributed by atoms with van der Waals surface area (Å²) in [5, 5.41) is 3.54. The standard InChI is InChI=1S/C34H24F2N4O4/c35-21-11-15-23(16-12-21)37-31(41)25-27(19-7-3-1-4-8-19)39-30-26(32(42)38(34(30)44)24-17-13-22(36)14-18-24)28(20-9-5-2-6-10-20)40(39)29(25)33(37)43/h1-18,25-30H/t25-,26-,27+,28+,29-,30+/m1/s1. The van der Waals surface area contributed by atoms with Crippen LogP contribution in [0.5, 0.6) is 0 Å². The molecule has 4 aliphatic heterocycles. The average molecular weight is 591 g/mol. The maximum Gasteiger partial charge on any atom is 0.253 e. The van der Waals surface area contributed by atoms with Crippen LogP contribution in [0.2, 0.25) is 0 Å².